The fourth-order valence-corrected chi connectivity index (χ4v) is 3.77. The van der Waals surface area contributed by atoms with Crippen LogP contribution in [0.4, 0.5) is 0 Å². The van der Waals surface area contributed by atoms with Crippen LogP contribution in [0.3, 0.4) is 0 Å². The van der Waals surface area contributed by atoms with E-state index in [1.54, 1.807) is 60.7 Å². The molecule has 8 heteroatoms. The zero-order chi connectivity index (χ0) is 23.5. The maximum Gasteiger partial charge on any atom is 0.345 e. The first-order valence-electron chi connectivity index (χ1n) is 9.79. The number of methoxy groups -OCH3 is 1. The summed E-state index contributed by atoms with van der Waals surface area (Å²) >= 11 is 6.07. The molecule has 1 unspecified atom stereocenters. The molecule has 3 aromatic carbocycles. The predicted octanol–water partition coefficient (Wildman–Crippen LogP) is 4.56. The Hall–Kier alpha value is -4.28. The van der Waals surface area contributed by atoms with Gasteiger partial charge in [0, 0.05) is 11.6 Å². The lowest BCUT2D eigenvalue weighted by Crippen LogP contribution is -2.21. The zero-order valence-corrected chi connectivity index (χ0v) is 18.1. The molecule has 0 aromatic heterocycles. The number of hydrogen-bond donors (Lipinski definition) is 1. The molecule has 0 saturated carbocycles. The van der Waals surface area contributed by atoms with Crippen LogP contribution >= 0.6 is 11.6 Å². The van der Waals surface area contributed by atoms with E-state index in [4.69, 9.17) is 31.5 Å². The average molecular weight is 461 g/mol. The number of halogens is 1. The van der Waals surface area contributed by atoms with Crippen LogP contribution in [-0.4, -0.2) is 19.0 Å². The lowest BCUT2D eigenvalue weighted by Gasteiger charge is -2.26. The van der Waals surface area contributed by atoms with E-state index in [9.17, 15) is 14.9 Å². The van der Waals surface area contributed by atoms with Gasteiger partial charge in [0.1, 0.15) is 23.1 Å². The Morgan fingerprint density at radius 1 is 1.06 bits per heavy atom. The minimum absolute atomic E-state index is 0.0541. The molecule has 164 valence electrons. The topological polar surface area (TPSA) is 112 Å². The van der Waals surface area contributed by atoms with Crippen molar-refractivity contribution in [2.45, 2.75) is 5.92 Å². The first-order valence-corrected chi connectivity index (χ1v) is 10.2. The molecular formula is C25H17ClN2O5. The lowest BCUT2D eigenvalue weighted by atomic mass is 9.83. The molecule has 33 heavy (non-hydrogen) atoms. The molecule has 3 aromatic rings. The zero-order valence-electron chi connectivity index (χ0n) is 17.4. The van der Waals surface area contributed by atoms with Crippen molar-refractivity contribution in [2.24, 2.45) is 5.73 Å². The SMILES string of the molecule is COC(=O)c1ccc(C2C(C#N)=C(N)Oc3cc(OC(=O)c4ccccc4Cl)ccc32)cc1. The third-order valence-corrected chi connectivity index (χ3v) is 5.49. The summed E-state index contributed by atoms with van der Waals surface area (Å²) in [6, 6.07) is 20.2. The summed E-state index contributed by atoms with van der Waals surface area (Å²) in [6.45, 7) is 0. The molecule has 1 aliphatic heterocycles. The summed E-state index contributed by atoms with van der Waals surface area (Å²) in [4.78, 5) is 24.2. The van der Waals surface area contributed by atoms with Gasteiger partial charge in [-0.25, -0.2) is 9.59 Å². The number of fused-ring (bicyclic) bond motifs is 1. The lowest BCUT2D eigenvalue weighted by molar-refractivity contribution is 0.0600. The number of nitrogens with two attached hydrogens (primary N) is 1. The van der Waals surface area contributed by atoms with Crippen molar-refractivity contribution >= 4 is 23.5 Å². The first-order chi connectivity index (χ1) is 15.9. The van der Waals surface area contributed by atoms with Gasteiger partial charge in [0.05, 0.1) is 29.2 Å². The minimum atomic E-state index is -0.618. The van der Waals surface area contributed by atoms with Crippen LogP contribution in [0.1, 0.15) is 37.8 Å². The van der Waals surface area contributed by atoms with Crippen LogP contribution in [0.2, 0.25) is 5.02 Å². The Bertz CT molecular complexity index is 1330. The number of nitriles is 1. The van der Waals surface area contributed by atoms with Crippen molar-refractivity contribution in [2.75, 3.05) is 7.11 Å². The number of ether oxygens (including phenoxy) is 3. The van der Waals surface area contributed by atoms with E-state index in [1.807, 2.05) is 0 Å². The number of hydrogen-bond acceptors (Lipinski definition) is 7. The van der Waals surface area contributed by atoms with Gasteiger partial charge in [-0.2, -0.15) is 5.26 Å². The van der Waals surface area contributed by atoms with Gasteiger partial charge in [0.25, 0.3) is 0 Å². The van der Waals surface area contributed by atoms with Gasteiger partial charge < -0.3 is 19.9 Å². The van der Waals surface area contributed by atoms with Gasteiger partial charge in [0.2, 0.25) is 5.88 Å². The fraction of sp³-hybridized carbons (Fsp3) is 0.0800. The molecule has 1 aliphatic rings. The van der Waals surface area contributed by atoms with Crippen LogP contribution in [0, 0.1) is 11.3 Å². The van der Waals surface area contributed by atoms with Crippen LogP contribution in [0.15, 0.2) is 78.2 Å². The van der Waals surface area contributed by atoms with E-state index >= 15 is 0 Å². The number of allylic oxidation sites excluding steroid dienone is 1. The molecule has 2 N–H and O–H groups in total. The van der Waals surface area contributed by atoms with Crippen molar-refractivity contribution in [3.63, 3.8) is 0 Å². The van der Waals surface area contributed by atoms with Crippen LogP contribution < -0.4 is 15.2 Å². The van der Waals surface area contributed by atoms with Crippen LogP contribution in [0.5, 0.6) is 11.5 Å². The summed E-state index contributed by atoms with van der Waals surface area (Å²) in [5.41, 5.74) is 8.26. The number of benzene rings is 3. The number of carbonyl (C=O) groups excluding carboxylic acids is 2. The Labute approximate surface area is 194 Å². The van der Waals surface area contributed by atoms with Crippen LogP contribution in [-0.2, 0) is 4.74 Å². The summed E-state index contributed by atoms with van der Waals surface area (Å²) in [5, 5.41) is 9.98. The van der Waals surface area contributed by atoms with E-state index < -0.39 is 17.9 Å². The third kappa shape index (κ3) is 4.25. The summed E-state index contributed by atoms with van der Waals surface area (Å²) in [6.07, 6.45) is 0. The van der Waals surface area contributed by atoms with Crippen molar-refractivity contribution in [1.82, 2.24) is 0 Å². The largest absolute Gasteiger partial charge is 0.465 e. The predicted molar refractivity (Wildman–Crippen MR) is 120 cm³/mol. The minimum Gasteiger partial charge on any atom is -0.465 e. The molecule has 0 amide bonds. The van der Waals surface area contributed by atoms with Crippen molar-refractivity contribution < 1.29 is 23.8 Å². The highest BCUT2D eigenvalue weighted by atomic mass is 35.5. The van der Waals surface area contributed by atoms with Gasteiger partial charge in [0.15, 0.2) is 0 Å². The highest BCUT2D eigenvalue weighted by molar-refractivity contribution is 6.33. The molecule has 4 rings (SSSR count). The third-order valence-electron chi connectivity index (χ3n) is 5.16. The second kappa shape index (κ2) is 9.07. The second-order valence-corrected chi connectivity index (χ2v) is 7.51. The van der Waals surface area contributed by atoms with E-state index in [2.05, 4.69) is 6.07 Å². The summed E-state index contributed by atoms with van der Waals surface area (Å²) < 4.78 is 15.8. The monoisotopic (exact) mass is 460 g/mol. The van der Waals surface area contributed by atoms with Gasteiger partial charge in [-0.3, -0.25) is 0 Å². The average Bonchev–Trinajstić information content (AvgIpc) is 2.83. The molecule has 1 heterocycles. The molecule has 0 fully saturated rings. The number of carbonyl (C=O) groups is 2. The maximum atomic E-state index is 12.5. The van der Waals surface area contributed by atoms with Crippen LogP contribution in [0.25, 0.3) is 0 Å². The number of esters is 2. The molecular weight excluding hydrogens is 444 g/mol. The second-order valence-electron chi connectivity index (χ2n) is 7.11. The molecule has 0 radical (unpaired) electrons. The maximum absolute atomic E-state index is 12.5. The van der Waals surface area contributed by atoms with E-state index in [1.165, 1.54) is 13.2 Å². The molecule has 0 spiro atoms. The number of nitrogens with zero attached hydrogens (tertiary/aromatic N) is 1. The standard InChI is InChI=1S/C25H17ClN2O5/c1-31-24(29)15-8-6-14(7-9-15)22-18-11-10-16(12-21(18)33-23(28)19(22)13-27)32-25(30)17-4-2-3-5-20(17)26/h2-12,22H,28H2,1H3. The Balaban J connectivity index is 1.68. The normalized spacial score (nSPS) is 14.5. The Kier molecular flexibility index (Phi) is 6.03. The summed E-state index contributed by atoms with van der Waals surface area (Å²) in [5.74, 6) is -1.09. The van der Waals surface area contributed by atoms with Crippen molar-refractivity contribution in [1.29, 1.82) is 5.26 Å². The van der Waals surface area contributed by atoms with Crippen molar-refractivity contribution in [3.05, 3.63) is 105 Å². The Morgan fingerprint density at radius 3 is 2.45 bits per heavy atom. The quantitative estimate of drug-likeness (QED) is 0.448. The summed E-state index contributed by atoms with van der Waals surface area (Å²) in [7, 11) is 1.30. The Morgan fingerprint density at radius 2 is 1.79 bits per heavy atom. The fourth-order valence-electron chi connectivity index (χ4n) is 3.56. The number of rotatable bonds is 4. The molecule has 7 nitrogen and oxygen atoms in total. The highest BCUT2D eigenvalue weighted by Crippen LogP contribution is 2.43. The first kappa shape index (κ1) is 21.9. The molecule has 0 bridgehead atoms. The van der Waals surface area contributed by atoms with Gasteiger partial charge in [-0.1, -0.05) is 41.9 Å². The van der Waals surface area contributed by atoms with E-state index in [0.29, 0.717) is 16.9 Å². The smallest absolute Gasteiger partial charge is 0.345 e. The van der Waals surface area contributed by atoms with Gasteiger partial charge >= 0.3 is 11.9 Å². The van der Waals surface area contributed by atoms with E-state index in [0.717, 1.165) is 5.56 Å². The van der Waals surface area contributed by atoms with E-state index in [-0.39, 0.29) is 27.8 Å². The van der Waals surface area contributed by atoms with Gasteiger partial charge in [-0.05, 0) is 35.9 Å². The van der Waals surface area contributed by atoms with Crippen molar-refractivity contribution in [3.8, 4) is 17.6 Å². The molecule has 0 saturated heterocycles. The van der Waals surface area contributed by atoms with Gasteiger partial charge in [-0.15, -0.1) is 0 Å². The molecule has 0 aliphatic carbocycles. The highest BCUT2D eigenvalue weighted by Gasteiger charge is 2.31. The molecule has 1 atom stereocenters.